The van der Waals surface area contributed by atoms with E-state index < -0.39 is 0 Å². The molecular weight excluding hydrogens is 200 g/mol. The monoisotopic (exact) mass is 216 g/mol. The van der Waals surface area contributed by atoms with Crippen molar-refractivity contribution in [2.75, 3.05) is 18.6 Å². The van der Waals surface area contributed by atoms with Gasteiger partial charge in [-0.25, -0.2) is 0 Å². The van der Waals surface area contributed by atoms with Crippen LogP contribution in [-0.2, 0) is 0 Å². The second-order valence-corrected chi connectivity index (χ2v) is 4.15. The number of methoxy groups -OCH3 is 1. The van der Waals surface area contributed by atoms with Crippen LogP contribution >= 0.6 is 0 Å². The fraction of sp³-hybridized carbons (Fsp3) is 0.462. The Morgan fingerprint density at radius 1 is 1.50 bits per heavy atom. The molecule has 1 aromatic rings. The number of hydrogen-bond donors (Lipinski definition) is 0. The van der Waals surface area contributed by atoms with E-state index in [-0.39, 0.29) is 0 Å². The van der Waals surface area contributed by atoms with E-state index in [0.717, 1.165) is 18.0 Å². The number of hydrogen-bond acceptors (Lipinski definition) is 3. The highest BCUT2D eigenvalue weighted by Crippen LogP contribution is 2.36. The Morgan fingerprint density at radius 3 is 2.88 bits per heavy atom. The maximum Gasteiger partial charge on any atom is 0.143 e. The molecule has 0 spiro atoms. The topological polar surface area (TPSA) is 36.3 Å². The minimum atomic E-state index is 0.489. The Labute approximate surface area is 96.2 Å². The smallest absolute Gasteiger partial charge is 0.143 e. The van der Waals surface area contributed by atoms with Gasteiger partial charge >= 0.3 is 0 Å². The van der Waals surface area contributed by atoms with E-state index in [1.807, 2.05) is 18.2 Å². The number of anilines is 1. The molecule has 0 amide bonds. The summed E-state index contributed by atoms with van der Waals surface area (Å²) in [7, 11) is 1.65. The molecule has 0 bridgehead atoms. The summed E-state index contributed by atoms with van der Waals surface area (Å²) in [5, 5.41) is 9.15. The lowest BCUT2D eigenvalue weighted by molar-refractivity contribution is 0.414. The molecule has 1 aliphatic heterocycles. The highest BCUT2D eigenvalue weighted by Gasteiger charge is 2.25. The largest absolute Gasteiger partial charge is 0.495 e. The maximum absolute atomic E-state index is 9.15. The van der Waals surface area contributed by atoms with Crippen LogP contribution in [0.1, 0.15) is 25.3 Å². The molecule has 0 N–H and O–H groups in total. The van der Waals surface area contributed by atoms with Gasteiger partial charge in [0.25, 0.3) is 0 Å². The first-order valence-electron chi connectivity index (χ1n) is 5.61. The molecule has 0 aromatic heterocycles. The number of benzene rings is 1. The van der Waals surface area contributed by atoms with Crippen molar-refractivity contribution in [1.29, 1.82) is 5.26 Å². The number of nitrogens with zero attached hydrogens (tertiary/aromatic N) is 2. The second kappa shape index (κ2) is 4.44. The molecular formula is C13H16N2O. The number of para-hydroxylation sites is 1. The molecule has 1 atom stereocenters. The van der Waals surface area contributed by atoms with Crippen LogP contribution in [0.25, 0.3) is 0 Å². The van der Waals surface area contributed by atoms with Gasteiger partial charge in [0, 0.05) is 12.6 Å². The summed E-state index contributed by atoms with van der Waals surface area (Å²) in [6.45, 7) is 3.21. The van der Waals surface area contributed by atoms with Crippen LogP contribution < -0.4 is 9.64 Å². The van der Waals surface area contributed by atoms with Crippen molar-refractivity contribution in [3.8, 4) is 11.8 Å². The highest BCUT2D eigenvalue weighted by molar-refractivity contribution is 5.68. The summed E-state index contributed by atoms with van der Waals surface area (Å²) in [5.74, 6) is 0.799. The second-order valence-electron chi connectivity index (χ2n) is 4.15. The van der Waals surface area contributed by atoms with Crippen molar-refractivity contribution in [3.05, 3.63) is 23.8 Å². The number of ether oxygens (including phenoxy) is 1. The first kappa shape index (κ1) is 10.8. The fourth-order valence-electron chi connectivity index (χ4n) is 2.34. The van der Waals surface area contributed by atoms with Crippen molar-refractivity contribution in [2.24, 2.45) is 0 Å². The Balaban J connectivity index is 2.48. The summed E-state index contributed by atoms with van der Waals surface area (Å²) in [5.41, 5.74) is 1.66. The third-order valence-corrected chi connectivity index (χ3v) is 3.18. The van der Waals surface area contributed by atoms with Crippen LogP contribution in [0, 0.1) is 11.3 Å². The molecule has 3 heteroatoms. The average molecular weight is 216 g/mol. The quantitative estimate of drug-likeness (QED) is 0.762. The lowest BCUT2D eigenvalue weighted by atomic mass is 10.1. The van der Waals surface area contributed by atoms with Gasteiger partial charge in [0.15, 0.2) is 0 Å². The van der Waals surface area contributed by atoms with Gasteiger partial charge in [-0.3, -0.25) is 0 Å². The number of rotatable bonds is 2. The van der Waals surface area contributed by atoms with E-state index >= 15 is 0 Å². The first-order valence-corrected chi connectivity index (χ1v) is 5.61. The highest BCUT2D eigenvalue weighted by atomic mass is 16.5. The van der Waals surface area contributed by atoms with Crippen molar-refractivity contribution >= 4 is 5.69 Å². The minimum absolute atomic E-state index is 0.489. The molecule has 1 aliphatic rings. The van der Waals surface area contributed by atoms with Crippen molar-refractivity contribution in [2.45, 2.75) is 25.8 Å². The molecule has 0 radical (unpaired) electrons. The van der Waals surface area contributed by atoms with Crippen LogP contribution in [0.3, 0.4) is 0 Å². The number of nitriles is 1. The first-order chi connectivity index (χ1) is 7.77. The fourth-order valence-corrected chi connectivity index (χ4v) is 2.34. The summed E-state index contributed by atoms with van der Waals surface area (Å²) >= 11 is 0. The molecule has 1 fully saturated rings. The lowest BCUT2D eigenvalue weighted by Gasteiger charge is -2.26. The molecule has 1 aromatic carbocycles. The summed E-state index contributed by atoms with van der Waals surface area (Å²) in [4.78, 5) is 2.28. The van der Waals surface area contributed by atoms with E-state index in [1.54, 1.807) is 7.11 Å². The Morgan fingerprint density at radius 2 is 2.31 bits per heavy atom. The zero-order valence-corrected chi connectivity index (χ0v) is 9.73. The van der Waals surface area contributed by atoms with E-state index in [9.17, 15) is 0 Å². The SMILES string of the molecule is COc1cccc(C#N)c1N1CCCC1C. The minimum Gasteiger partial charge on any atom is -0.495 e. The van der Waals surface area contributed by atoms with E-state index in [4.69, 9.17) is 10.00 Å². The van der Waals surface area contributed by atoms with Crippen LogP contribution in [0.4, 0.5) is 5.69 Å². The average Bonchev–Trinajstić information content (AvgIpc) is 2.74. The summed E-state index contributed by atoms with van der Waals surface area (Å²) in [6, 6.07) is 8.37. The predicted octanol–water partition coefficient (Wildman–Crippen LogP) is 2.56. The third-order valence-electron chi connectivity index (χ3n) is 3.18. The van der Waals surface area contributed by atoms with Gasteiger partial charge in [-0.05, 0) is 31.9 Å². The molecule has 84 valence electrons. The molecule has 0 aliphatic carbocycles. The van der Waals surface area contributed by atoms with Gasteiger partial charge in [0.1, 0.15) is 11.8 Å². The van der Waals surface area contributed by atoms with Gasteiger partial charge in [0.05, 0.1) is 18.4 Å². The van der Waals surface area contributed by atoms with Gasteiger partial charge in [0.2, 0.25) is 0 Å². The van der Waals surface area contributed by atoms with Gasteiger partial charge in [-0.1, -0.05) is 6.07 Å². The van der Waals surface area contributed by atoms with E-state index in [0.29, 0.717) is 11.6 Å². The zero-order chi connectivity index (χ0) is 11.5. The third kappa shape index (κ3) is 1.71. The van der Waals surface area contributed by atoms with Crippen LogP contribution in [0.5, 0.6) is 5.75 Å². The molecule has 1 unspecified atom stereocenters. The van der Waals surface area contributed by atoms with E-state index in [2.05, 4.69) is 17.9 Å². The van der Waals surface area contributed by atoms with Crippen LogP contribution in [-0.4, -0.2) is 19.7 Å². The molecule has 1 saturated heterocycles. The Hall–Kier alpha value is -1.69. The van der Waals surface area contributed by atoms with Crippen molar-refractivity contribution < 1.29 is 4.74 Å². The van der Waals surface area contributed by atoms with Crippen LogP contribution in [0.2, 0.25) is 0 Å². The van der Waals surface area contributed by atoms with Gasteiger partial charge < -0.3 is 9.64 Å². The molecule has 0 saturated carbocycles. The van der Waals surface area contributed by atoms with Gasteiger partial charge in [-0.15, -0.1) is 0 Å². The van der Waals surface area contributed by atoms with E-state index in [1.165, 1.54) is 12.8 Å². The predicted molar refractivity (Wildman–Crippen MR) is 63.8 cm³/mol. The molecule has 1 heterocycles. The Kier molecular flexibility index (Phi) is 3.00. The lowest BCUT2D eigenvalue weighted by Crippen LogP contribution is -2.27. The van der Waals surface area contributed by atoms with Crippen LogP contribution in [0.15, 0.2) is 18.2 Å². The van der Waals surface area contributed by atoms with Crippen molar-refractivity contribution in [1.82, 2.24) is 0 Å². The summed E-state index contributed by atoms with van der Waals surface area (Å²) < 4.78 is 5.36. The van der Waals surface area contributed by atoms with Crippen molar-refractivity contribution in [3.63, 3.8) is 0 Å². The van der Waals surface area contributed by atoms with Gasteiger partial charge in [-0.2, -0.15) is 5.26 Å². The maximum atomic E-state index is 9.15. The standard InChI is InChI=1S/C13H16N2O/c1-10-5-4-8-15(10)13-11(9-14)6-3-7-12(13)16-2/h3,6-7,10H,4-5,8H2,1-2H3. The molecule has 2 rings (SSSR count). The zero-order valence-electron chi connectivity index (χ0n) is 9.73. The normalized spacial score (nSPS) is 19.6. The summed E-state index contributed by atoms with van der Waals surface area (Å²) in [6.07, 6.45) is 2.37. The molecule has 16 heavy (non-hydrogen) atoms. The molecule has 3 nitrogen and oxygen atoms in total. The Bertz CT molecular complexity index is 422.